The summed E-state index contributed by atoms with van der Waals surface area (Å²) in [6.45, 7) is 2.91. The first-order valence-electron chi connectivity index (χ1n) is 5.87. The van der Waals surface area contributed by atoms with Crippen molar-refractivity contribution in [2.24, 2.45) is 5.92 Å². The fourth-order valence-electron chi connectivity index (χ4n) is 2.39. The molecule has 0 amide bonds. The minimum Gasteiger partial charge on any atom is -0.376 e. The lowest BCUT2D eigenvalue weighted by Crippen LogP contribution is -2.32. The van der Waals surface area contributed by atoms with Gasteiger partial charge in [0.1, 0.15) is 5.82 Å². The molecule has 94 valence electrons. The van der Waals surface area contributed by atoms with E-state index in [-0.39, 0.29) is 18.0 Å². The molecule has 1 heterocycles. The van der Waals surface area contributed by atoms with Crippen LogP contribution in [0.2, 0.25) is 5.02 Å². The third-order valence-corrected chi connectivity index (χ3v) is 3.72. The Labute approximate surface area is 106 Å². The van der Waals surface area contributed by atoms with Gasteiger partial charge in [0.2, 0.25) is 0 Å². The van der Waals surface area contributed by atoms with Crippen molar-refractivity contribution in [3.05, 3.63) is 34.6 Å². The standard InChI is InChI=1S/C13H17ClFNO/c1-8-5-6-17-13(8)12(16-2)10-7-9(15)3-4-11(10)14/h3-4,7-8,12-13,16H,5-6H2,1-2H3. The quantitative estimate of drug-likeness (QED) is 0.898. The van der Waals surface area contributed by atoms with Crippen molar-refractivity contribution >= 4 is 11.6 Å². The molecule has 1 fully saturated rings. The van der Waals surface area contributed by atoms with Crippen molar-refractivity contribution in [2.45, 2.75) is 25.5 Å². The van der Waals surface area contributed by atoms with Crippen LogP contribution in [0, 0.1) is 11.7 Å². The second-order valence-corrected chi connectivity index (χ2v) is 4.94. The highest BCUT2D eigenvalue weighted by Gasteiger charge is 2.33. The Morgan fingerprint density at radius 2 is 2.29 bits per heavy atom. The molecular formula is C13H17ClFNO. The Morgan fingerprint density at radius 3 is 2.88 bits per heavy atom. The van der Waals surface area contributed by atoms with Crippen LogP contribution in [0.3, 0.4) is 0 Å². The molecule has 1 aromatic carbocycles. The van der Waals surface area contributed by atoms with Gasteiger partial charge in [0.05, 0.1) is 12.1 Å². The van der Waals surface area contributed by atoms with Crippen molar-refractivity contribution in [1.82, 2.24) is 5.32 Å². The monoisotopic (exact) mass is 257 g/mol. The molecule has 1 aliphatic rings. The summed E-state index contributed by atoms with van der Waals surface area (Å²) in [7, 11) is 1.85. The molecule has 1 aromatic rings. The van der Waals surface area contributed by atoms with Crippen LogP contribution >= 0.6 is 11.6 Å². The van der Waals surface area contributed by atoms with Crippen molar-refractivity contribution < 1.29 is 9.13 Å². The molecule has 0 radical (unpaired) electrons. The molecule has 3 unspecified atom stereocenters. The van der Waals surface area contributed by atoms with Crippen molar-refractivity contribution in [2.75, 3.05) is 13.7 Å². The molecule has 0 aromatic heterocycles. The highest BCUT2D eigenvalue weighted by Crippen LogP contribution is 2.34. The molecule has 4 heteroatoms. The van der Waals surface area contributed by atoms with Gasteiger partial charge in [0.15, 0.2) is 0 Å². The van der Waals surface area contributed by atoms with Crippen LogP contribution in [0.5, 0.6) is 0 Å². The van der Waals surface area contributed by atoms with Crippen LogP contribution in [0.4, 0.5) is 4.39 Å². The molecular weight excluding hydrogens is 241 g/mol. The predicted molar refractivity (Wildman–Crippen MR) is 66.7 cm³/mol. The normalized spacial score (nSPS) is 26.1. The van der Waals surface area contributed by atoms with Crippen molar-refractivity contribution in [1.29, 1.82) is 0 Å². The SMILES string of the molecule is CNC(c1cc(F)ccc1Cl)C1OCCC1C. The lowest BCUT2D eigenvalue weighted by atomic mass is 9.92. The molecule has 1 aliphatic heterocycles. The van der Waals surface area contributed by atoms with Crippen LogP contribution in [-0.2, 0) is 4.74 Å². The average molecular weight is 258 g/mol. The highest BCUT2D eigenvalue weighted by atomic mass is 35.5. The molecule has 0 aliphatic carbocycles. The molecule has 3 atom stereocenters. The number of hydrogen-bond acceptors (Lipinski definition) is 2. The summed E-state index contributed by atoms with van der Waals surface area (Å²) >= 11 is 6.13. The van der Waals surface area contributed by atoms with Gasteiger partial charge >= 0.3 is 0 Å². The third-order valence-electron chi connectivity index (χ3n) is 3.38. The van der Waals surface area contributed by atoms with E-state index in [0.29, 0.717) is 10.9 Å². The Bertz CT molecular complexity index is 399. The van der Waals surface area contributed by atoms with Crippen LogP contribution in [0.15, 0.2) is 18.2 Å². The van der Waals surface area contributed by atoms with E-state index in [4.69, 9.17) is 16.3 Å². The van der Waals surface area contributed by atoms with E-state index in [1.807, 2.05) is 7.05 Å². The number of likely N-dealkylation sites (N-methyl/N-ethyl adjacent to an activating group) is 1. The zero-order valence-corrected chi connectivity index (χ0v) is 10.8. The van der Waals surface area contributed by atoms with Crippen LogP contribution in [-0.4, -0.2) is 19.8 Å². The van der Waals surface area contributed by atoms with E-state index < -0.39 is 0 Å². The predicted octanol–water partition coefficient (Wildman–Crippen LogP) is 3.16. The molecule has 0 spiro atoms. The van der Waals surface area contributed by atoms with Crippen LogP contribution < -0.4 is 5.32 Å². The first kappa shape index (κ1) is 12.8. The number of halogens is 2. The molecule has 0 saturated carbocycles. The van der Waals surface area contributed by atoms with E-state index in [0.717, 1.165) is 18.6 Å². The number of rotatable bonds is 3. The average Bonchev–Trinajstić information content (AvgIpc) is 2.71. The summed E-state index contributed by atoms with van der Waals surface area (Å²) in [5.74, 6) is 0.182. The number of hydrogen-bond donors (Lipinski definition) is 1. The fraction of sp³-hybridized carbons (Fsp3) is 0.538. The lowest BCUT2D eigenvalue weighted by molar-refractivity contribution is 0.0631. The number of nitrogens with one attached hydrogen (secondary N) is 1. The number of ether oxygens (including phenoxy) is 1. The maximum atomic E-state index is 13.3. The van der Waals surface area contributed by atoms with Gasteiger partial charge in [-0.1, -0.05) is 18.5 Å². The van der Waals surface area contributed by atoms with E-state index in [1.54, 1.807) is 6.07 Å². The highest BCUT2D eigenvalue weighted by molar-refractivity contribution is 6.31. The van der Waals surface area contributed by atoms with Gasteiger partial charge in [-0.25, -0.2) is 4.39 Å². The van der Waals surface area contributed by atoms with Gasteiger partial charge in [-0.2, -0.15) is 0 Å². The van der Waals surface area contributed by atoms with Gasteiger partial charge in [-0.05, 0) is 43.1 Å². The molecule has 0 bridgehead atoms. The van der Waals surface area contributed by atoms with Crippen molar-refractivity contribution in [3.8, 4) is 0 Å². The Kier molecular flexibility index (Phi) is 4.02. The summed E-state index contributed by atoms with van der Waals surface area (Å²) in [5.41, 5.74) is 0.771. The smallest absolute Gasteiger partial charge is 0.123 e. The molecule has 17 heavy (non-hydrogen) atoms. The zero-order valence-electron chi connectivity index (χ0n) is 10.0. The second-order valence-electron chi connectivity index (χ2n) is 4.53. The van der Waals surface area contributed by atoms with Gasteiger partial charge in [-0.3, -0.25) is 0 Å². The summed E-state index contributed by atoms with van der Waals surface area (Å²) in [6.07, 6.45) is 1.09. The van der Waals surface area contributed by atoms with E-state index in [1.165, 1.54) is 12.1 Å². The molecule has 1 saturated heterocycles. The lowest BCUT2D eigenvalue weighted by Gasteiger charge is -2.26. The van der Waals surface area contributed by atoms with Gasteiger partial charge in [-0.15, -0.1) is 0 Å². The minimum absolute atomic E-state index is 0.0549. The first-order chi connectivity index (χ1) is 8.13. The van der Waals surface area contributed by atoms with Crippen LogP contribution in [0.1, 0.15) is 24.9 Å². The van der Waals surface area contributed by atoms with Gasteiger partial charge in [0, 0.05) is 11.6 Å². The van der Waals surface area contributed by atoms with Crippen molar-refractivity contribution in [3.63, 3.8) is 0 Å². The van der Waals surface area contributed by atoms with Crippen LogP contribution in [0.25, 0.3) is 0 Å². The topological polar surface area (TPSA) is 21.3 Å². The molecule has 2 rings (SSSR count). The maximum Gasteiger partial charge on any atom is 0.123 e. The zero-order chi connectivity index (χ0) is 12.4. The first-order valence-corrected chi connectivity index (χ1v) is 6.25. The van der Waals surface area contributed by atoms with E-state index >= 15 is 0 Å². The largest absolute Gasteiger partial charge is 0.376 e. The Balaban J connectivity index is 2.31. The third kappa shape index (κ3) is 2.62. The fourth-order valence-corrected chi connectivity index (χ4v) is 2.63. The maximum absolute atomic E-state index is 13.3. The molecule has 2 nitrogen and oxygen atoms in total. The summed E-state index contributed by atoms with van der Waals surface area (Å²) in [6, 6.07) is 4.39. The van der Waals surface area contributed by atoms with Gasteiger partial charge in [0.25, 0.3) is 0 Å². The molecule has 1 N–H and O–H groups in total. The van der Waals surface area contributed by atoms with E-state index in [9.17, 15) is 4.39 Å². The second kappa shape index (κ2) is 5.34. The Morgan fingerprint density at radius 1 is 1.53 bits per heavy atom. The minimum atomic E-state index is -0.268. The summed E-state index contributed by atoms with van der Waals surface area (Å²) in [5, 5.41) is 3.76. The Hall–Kier alpha value is -0.640. The van der Waals surface area contributed by atoms with E-state index in [2.05, 4.69) is 12.2 Å². The van der Waals surface area contributed by atoms with Gasteiger partial charge < -0.3 is 10.1 Å². The summed E-state index contributed by atoms with van der Waals surface area (Å²) in [4.78, 5) is 0. The summed E-state index contributed by atoms with van der Waals surface area (Å²) < 4.78 is 19.0. The number of benzene rings is 1.